The number of hydrogen-bond donors (Lipinski definition) is 2. The van der Waals surface area contributed by atoms with Crippen LogP contribution in [0.15, 0.2) is 24.3 Å². The first-order valence-electron chi connectivity index (χ1n) is 6.29. The highest BCUT2D eigenvalue weighted by molar-refractivity contribution is 5.94. The highest BCUT2D eigenvalue weighted by Crippen LogP contribution is 2.30. The molecule has 0 heterocycles. The summed E-state index contributed by atoms with van der Waals surface area (Å²) in [5.41, 5.74) is 1.12. The van der Waals surface area contributed by atoms with Gasteiger partial charge in [0.25, 0.3) is 0 Å². The molecule has 0 spiro atoms. The van der Waals surface area contributed by atoms with Crippen molar-refractivity contribution >= 4 is 11.7 Å². The first-order chi connectivity index (χ1) is 8.20. The number of nitrogens with one attached hydrogen (secondary N) is 1. The zero-order valence-electron chi connectivity index (χ0n) is 10.1. The monoisotopic (exact) mass is 233 g/mol. The van der Waals surface area contributed by atoms with E-state index in [1.165, 1.54) is 12.8 Å². The standard InChI is InChI=1S/C14H19NO2/c1-2-10-7-8-11(9-10)15-13-6-4-3-5-12(13)14(16)17/h3-6,10-11,15H,2,7-9H2,1H3,(H,16,17). The van der Waals surface area contributed by atoms with Crippen molar-refractivity contribution < 1.29 is 9.90 Å². The Hall–Kier alpha value is -1.51. The topological polar surface area (TPSA) is 49.3 Å². The maximum Gasteiger partial charge on any atom is 0.337 e. The van der Waals surface area contributed by atoms with Crippen LogP contribution in [-0.2, 0) is 0 Å². The fourth-order valence-corrected chi connectivity index (χ4v) is 2.59. The quantitative estimate of drug-likeness (QED) is 0.838. The summed E-state index contributed by atoms with van der Waals surface area (Å²) in [6.07, 6.45) is 4.78. The van der Waals surface area contributed by atoms with Crippen LogP contribution in [0.4, 0.5) is 5.69 Å². The van der Waals surface area contributed by atoms with Crippen molar-refractivity contribution in [3.8, 4) is 0 Å². The van der Waals surface area contributed by atoms with Crippen LogP contribution >= 0.6 is 0 Å². The second-order valence-electron chi connectivity index (χ2n) is 4.78. The smallest absolute Gasteiger partial charge is 0.337 e. The molecule has 2 N–H and O–H groups in total. The van der Waals surface area contributed by atoms with Crippen LogP contribution in [0, 0.1) is 5.92 Å². The summed E-state index contributed by atoms with van der Waals surface area (Å²) in [5.74, 6) is -0.0670. The third-order valence-electron chi connectivity index (χ3n) is 3.64. The lowest BCUT2D eigenvalue weighted by Crippen LogP contribution is -2.17. The van der Waals surface area contributed by atoms with Crippen molar-refractivity contribution in [2.45, 2.75) is 38.6 Å². The first-order valence-corrected chi connectivity index (χ1v) is 6.29. The van der Waals surface area contributed by atoms with E-state index < -0.39 is 5.97 Å². The molecule has 0 saturated heterocycles. The third kappa shape index (κ3) is 2.78. The number of benzene rings is 1. The lowest BCUT2D eigenvalue weighted by molar-refractivity contribution is 0.0698. The van der Waals surface area contributed by atoms with Crippen molar-refractivity contribution in [1.29, 1.82) is 0 Å². The zero-order valence-corrected chi connectivity index (χ0v) is 10.1. The van der Waals surface area contributed by atoms with Gasteiger partial charge in [-0.2, -0.15) is 0 Å². The summed E-state index contributed by atoms with van der Waals surface area (Å²) in [7, 11) is 0. The van der Waals surface area contributed by atoms with Gasteiger partial charge < -0.3 is 10.4 Å². The summed E-state index contributed by atoms with van der Waals surface area (Å²) in [4.78, 5) is 11.1. The average Bonchev–Trinajstić information content (AvgIpc) is 2.77. The Balaban J connectivity index is 2.06. The van der Waals surface area contributed by atoms with Crippen LogP contribution in [0.3, 0.4) is 0 Å². The number of carbonyl (C=O) groups is 1. The van der Waals surface area contributed by atoms with Gasteiger partial charge in [-0.3, -0.25) is 0 Å². The Morgan fingerprint density at radius 1 is 1.41 bits per heavy atom. The van der Waals surface area contributed by atoms with E-state index in [9.17, 15) is 4.79 Å². The maximum absolute atomic E-state index is 11.1. The van der Waals surface area contributed by atoms with Crippen LogP contribution in [-0.4, -0.2) is 17.1 Å². The second-order valence-corrected chi connectivity index (χ2v) is 4.78. The van der Waals surface area contributed by atoms with E-state index in [2.05, 4.69) is 12.2 Å². The van der Waals surface area contributed by atoms with Crippen LogP contribution in [0.2, 0.25) is 0 Å². The van der Waals surface area contributed by atoms with Crippen molar-refractivity contribution in [3.63, 3.8) is 0 Å². The second kappa shape index (κ2) is 5.21. The predicted octanol–water partition coefficient (Wildman–Crippen LogP) is 3.38. The first kappa shape index (κ1) is 12.0. The van der Waals surface area contributed by atoms with Crippen LogP contribution in [0.1, 0.15) is 43.0 Å². The summed E-state index contributed by atoms with van der Waals surface area (Å²) in [6.45, 7) is 2.22. The van der Waals surface area contributed by atoms with Crippen molar-refractivity contribution in [2.75, 3.05) is 5.32 Å². The van der Waals surface area contributed by atoms with E-state index in [1.54, 1.807) is 12.1 Å². The molecule has 0 radical (unpaired) electrons. The Bertz CT molecular complexity index is 403. The zero-order chi connectivity index (χ0) is 12.3. The van der Waals surface area contributed by atoms with Crippen LogP contribution in [0.5, 0.6) is 0 Å². The number of aromatic carboxylic acids is 1. The molecule has 2 rings (SSSR count). The Morgan fingerprint density at radius 3 is 2.82 bits per heavy atom. The minimum Gasteiger partial charge on any atom is -0.478 e. The molecule has 1 aliphatic rings. The Labute approximate surface area is 102 Å². The normalized spacial score (nSPS) is 23.6. The molecule has 1 aromatic rings. The van der Waals surface area contributed by atoms with Gasteiger partial charge >= 0.3 is 5.97 Å². The molecule has 3 nitrogen and oxygen atoms in total. The molecule has 1 aliphatic carbocycles. The van der Waals surface area contributed by atoms with Gasteiger partial charge in [0.1, 0.15) is 0 Å². The summed E-state index contributed by atoms with van der Waals surface area (Å²) in [5, 5.41) is 12.5. The van der Waals surface area contributed by atoms with E-state index in [-0.39, 0.29) is 0 Å². The third-order valence-corrected chi connectivity index (χ3v) is 3.64. The van der Waals surface area contributed by atoms with Crippen LogP contribution in [0.25, 0.3) is 0 Å². The Morgan fingerprint density at radius 2 is 2.18 bits per heavy atom. The molecule has 92 valence electrons. The number of carboxylic acids is 1. The molecule has 0 aliphatic heterocycles. The minimum absolute atomic E-state index is 0.368. The van der Waals surface area contributed by atoms with E-state index >= 15 is 0 Å². The molecule has 1 saturated carbocycles. The minimum atomic E-state index is -0.863. The van der Waals surface area contributed by atoms with Gasteiger partial charge in [-0.05, 0) is 37.3 Å². The van der Waals surface area contributed by atoms with Gasteiger partial charge in [-0.15, -0.1) is 0 Å². The molecule has 3 heteroatoms. The number of hydrogen-bond acceptors (Lipinski definition) is 2. The molecule has 0 bridgehead atoms. The van der Waals surface area contributed by atoms with Gasteiger partial charge in [0.05, 0.1) is 5.56 Å². The summed E-state index contributed by atoms with van der Waals surface area (Å²) < 4.78 is 0. The highest BCUT2D eigenvalue weighted by atomic mass is 16.4. The molecule has 1 aromatic carbocycles. The number of carboxylic acid groups (broad SMARTS) is 1. The van der Waals surface area contributed by atoms with Gasteiger partial charge in [0.15, 0.2) is 0 Å². The van der Waals surface area contributed by atoms with E-state index in [0.717, 1.165) is 24.4 Å². The maximum atomic E-state index is 11.1. The molecular formula is C14H19NO2. The molecular weight excluding hydrogens is 214 g/mol. The van der Waals surface area contributed by atoms with Gasteiger partial charge in [0.2, 0.25) is 0 Å². The van der Waals surface area contributed by atoms with Crippen molar-refractivity contribution in [1.82, 2.24) is 0 Å². The lowest BCUT2D eigenvalue weighted by Gasteiger charge is -2.16. The number of para-hydroxylation sites is 1. The highest BCUT2D eigenvalue weighted by Gasteiger charge is 2.24. The van der Waals surface area contributed by atoms with Crippen molar-refractivity contribution in [2.24, 2.45) is 5.92 Å². The van der Waals surface area contributed by atoms with Gasteiger partial charge in [-0.25, -0.2) is 4.79 Å². The number of anilines is 1. The van der Waals surface area contributed by atoms with E-state index in [0.29, 0.717) is 11.6 Å². The molecule has 0 aromatic heterocycles. The fourth-order valence-electron chi connectivity index (χ4n) is 2.59. The summed E-state index contributed by atoms with van der Waals surface area (Å²) >= 11 is 0. The van der Waals surface area contributed by atoms with Crippen molar-refractivity contribution in [3.05, 3.63) is 29.8 Å². The summed E-state index contributed by atoms with van der Waals surface area (Å²) in [6, 6.07) is 7.57. The Kier molecular flexibility index (Phi) is 3.67. The molecule has 0 amide bonds. The molecule has 2 unspecified atom stereocenters. The average molecular weight is 233 g/mol. The number of rotatable bonds is 4. The molecule has 17 heavy (non-hydrogen) atoms. The lowest BCUT2D eigenvalue weighted by atomic mass is 10.1. The van der Waals surface area contributed by atoms with E-state index in [4.69, 9.17) is 5.11 Å². The van der Waals surface area contributed by atoms with E-state index in [1.807, 2.05) is 12.1 Å². The SMILES string of the molecule is CCC1CCC(Nc2ccccc2C(=O)O)C1. The molecule has 1 fully saturated rings. The van der Waals surface area contributed by atoms with Crippen LogP contribution < -0.4 is 5.32 Å². The fraction of sp³-hybridized carbons (Fsp3) is 0.500. The van der Waals surface area contributed by atoms with Gasteiger partial charge in [0, 0.05) is 11.7 Å². The molecule has 2 atom stereocenters. The predicted molar refractivity (Wildman–Crippen MR) is 68.4 cm³/mol. The van der Waals surface area contributed by atoms with Gasteiger partial charge in [-0.1, -0.05) is 25.5 Å². The largest absolute Gasteiger partial charge is 0.478 e.